The maximum absolute atomic E-state index is 12.1. The Hall–Kier alpha value is -1.81. The summed E-state index contributed by atoms with van der Waals surface area (Å²) >= 11 is 0. The monoisotopic (exact) mass is 333 g/mol. The number of hydrogen-bond donors (Lipinski definition) is 3. The van der Waals surface area contributed by atoms with Crippen molar-refractivity contribution < 1.29 is 17.9 Å². The summed E-state index contributed by atoms with van der Waals surface area (Å²) in [7, 11) is -2.18. The summed E-state index contributed by atoms with van der Waals surface area (Å²) in [6.45, 7) is 5.73. The summed E-state index contributed by atoms with van der Waals surface area (Å²) in [4.78, 5) is 15.1. The second-order valence-corrected chi connectivity index (χ2v) is 7.41. The SMILES string of the molecule is Cn1cnc(N)c1S(=O)(=O)NCCCNC(=O)OC(C)(C)C. The first-order valence-corrected chi connectivity index (χ1v) is 8.24. The van der Waals surface area contributed by atoms with Crippen molar-refractivity contribution in [2.75, 3.05) is 18.8 Å². The van der Waals surface area contributed by atoms with Crippen LogP contribution in [0.5, 0.6) is 0 Å². The molecule has 9 nitrogen and oxygen atoms in total. The Balaban J connectivity index is 2.38. The first-order chi connectivity index (χ1) is 10.0. The number of anilines is 1. The van der Waals surface area contributed by atoms with Gasteiger partial charge in [0.1, 0.15) is 5.60 Å². The zero-order chi connectivity index (χ0) is 17.0. The summed E-state index contributed by atoms with van der Waals surface area (Å²) in [5, 5.41) is 2.47. The molecular formula is C12H23N5O4S. The lowest BCUT2D eigenvalue weighted by atomic mass is 10.2. The molecule has 0 saturated carbocycles. The van der Waals surface area contributed by atoms with Crippen molar-refractivity contribution in [3.05, 3.63) is 6.33 Å². The molecule has 1 rings (SSSR count). The molecule has 126 valence electrons. The van der Waals surface area contributed by atoms with E-state index in [0.29, 0.717) is 6.42 Å². The summed E-state index contributed by atoms with van der Waals surface area (Å²) in [5.74, 6) is -0.0538. The normalized spacial score (nSPS) is 12.2. The van der Waals surface area contributed by atoms with E-state index in [1.54, 1.807) is 27.8 Å². The molecule has 22 heavy (non-hydrogen) atoms. The first-order valence-electron chi connectivity index (χ1n) is 6.76. The highest BCUT2D eigenvalue weighted by Crippen LogP contribution is 2.14. The van der Waals surface area contributed by atoms with Crippen LogP contribution in [0.3, 0.4) is 0 Å². The van der Waals surface area contributed by atoms with Gasteiger partial charge in [0.05, 0.1) is 6.33 Å². The number of aromatic nitrogens is 2. The lowest BCUT2D eigenvalue weighted by Gasteiger charge is -2.19. The Morgan fingerprint density at radius 3 is 2.55 bits per heavy atom. The van der Waals surface area contributed by atoms with Crippen molar-refractivity contribution in [2.24, 2.45) is 7.05 Å². The van der Waals surface area contributed by atoms with Crippen molar-refractivity contribution >= 4 is 21.9 Å². The van der Waals surface area contributed by atoms with Gasteiger partial charge >= 0.3 is 6.09 Å². The van der Waals surface area contributed by atoms with Crippen molar-refractivity contribution in [2.45, 2.75) is 37.8 Å². The summed E-state index contributed by atoms with van der Waals surface area (Å²) in [6, 6.07) is 0. The Morgan fingerprint density at radius 1 is 1.41 bits per heavy atom. The molecule has 0 aliphatic heterocycles. The standard InChI is InChI=1S/C12H23N5O4S/c1-12(2,3)21-11(18)14-6-5-7-16-22(19,20)10-9(13)15-8-17(10)4/h8,16H,5-7,13H2,1-4H3,(H,14,18). The zero-order valence-corrected chi connectivity index (χ0v) is 14.0. The van der Waals surface area contributed by atoms with E-state index in [4.69, 9.17) is 10.5 Å². The van der Waals surface area contributed by atoms with Gasteiger partial charge in [0, 0.05) is 20.1 Å². The molecule has 1 aromatic heterocycles. The Kier molecular flexibility index (Phi) is 5.78. The maximum atomic E-state index is 12.1. The van der Waals surface area contributed by atoms with Crippen LogP contribution in [0.2, 0.25) is 0 Å². The van der Waals surface area contributed by atoms with Crippen molar-refractivity contribution in [3.8, 4) is 0 Å². The molecule has 0 aromatic carbocycles. The fourth-order valence-corrected chi connectivity index (χ4v) is 2.94. The number of imidazole rings is 1. The lowest BCUT2D eigenvalue weighted by Crippen LogP contribution is -2.34. The average molecular weight is 333 g/mol. The molecule has 0 atom stereocenters. The molecule has 0 unspecified atom stereocenters. The number of rotatable bonds is 6. The van der Waals surface area contributed by atoms with Crippen LogP contribution < -0.4 is 15.8 Å². The number of nitrogens with zero attached hydrogens (tertiary/aromatic N) is 2. The summed E-state index contributed by atoms with van der Waals surface area (Å²) < 4.78 is 32.9. The fraction of sp³-hybridized carbons (Fsp3) is 0.667. The van der Waals surface area contributed by atoms with Crippen LogP contribution in [-0.4, -0.2) is 42.8 Å². The number of ether oxygens (including phenoxy) is 1. The second-order valence-electron chi connectivity index (χ2n) is 5.73. The minimum Gasteiger partial charge on any atom is -0.444 e. The number of nitrogens with one attached hydrogen (secondary N) is 2. The molecule has 0 aliphatic carbocycles. The number of alkyl carbamates (subject to hydrolysis) is 1. The number of carbonyl (C=O) groups excluding carboxylic acids is 1. The molecule has 0 aliphatic rings. The number of carbonyl (C=O) groups is 1. The van der Waals surface area contributed by atoms with Crippen LogP contribution in [0.25, 0.3) is 0 Å². The van der Waals surface area contributed by atoms with Gasteiger partial charge in [0.2, 0.25) is 0 Å². The van der Waals surface area contributed by atoms with Crippen LogP contribution in [-0.2, 0) is 21.8 Å². The van der Waals surface area contributed by atoms with E-state index in [1.165, 1.54) is 10.9 Å². The minimum absolute atomic E-state index is 0.0538. The van der Waals surface area contributed by atoms with E-state index >= 15 is 0 Å². The van der Waals surface area contributed by atoms with Gasteiger partial charge in [0.15, 0.2) is 10.8 Å². The fourth-order valence-electron chi connectivity index (χ4n) is 1.63. The van der Waals surface area contributed by atoms with Crippen LogP contribution >= 0.6 is 0 Å². The van der Waals surface area contributed by atoms with Gasteiger partial charge in [-0.2, -0.15) is 0 Å². The smallest absolute Gasteiger partial charge is 0.407 e. The molecule has 0 radical (unpaired) electrons. The average Bonchev–Trinajstić information content (AvgIpc) is 2.66. The van der Waals surface area contributed by atoms with Gasteiger partial charge in [0.25, 0.3) is 10.0 Å². The molecule has 4 N–H and O–H groups in total. The number of aryl methyl sites for hydroxylation is 1. The first kappa shape index (κ1) is 18.2. The Morgan fingerprint density at radius 2 is 2.05 bits per heavy atom. The largest absolute Gasteiger partial charge is 0.444 e. The van der Waals surface area contributed by atoms with Crippen molar-refractivity contribution in [1.29, 1.82) is 0 Å². The highest BCUT2D eigenvalue weighted by Gasteiger charge is 2.21. The van der Waals surface area contributed by atoms with Gasteiger partial charge in [-0.3, -0.25) is 0 Å². The third kappa shape index (κ3) is 5.53. The van der Waals surface area contributed by atoms with Gasteiger partial charge < -0.3 is 20.4 Å². The number of hydrogen-bond acceptors (Lipinski definition) is 6. The predicted molar refractivity (Wildman–Crippen MR) is 81.7 cm³/mol. The quantitative estimate of drug-likeness (QED) is 0.638. The lowest BCUT2D eigenvalue weighted by molar-refractivity contribution is 0.0527. The molecule has 1 heterocycles. The van der Waals surface area contributed by atoms with E-state index < -0.39 is 21.7 Å². The van der Waals surface area contributed by atoms with E-state index in [0.717, 1.165) is 0 Å². The van der Waals surface area contributed by atoms with Crippen molar-refractivity contribution in [3.63, 3.8) is 0 Å². The van der Waals surface area contributed by atoms with E-state index in [-0.39, 0.29) is 23.9 Å². The molecule has 1 amide bonds. The highest BCUT2D eigenvalue weighted by atomic mass is 32.2. The molecule has 1 aromatic rings. The van der Waals surface area contributed by atoms with Crippen LogP contribution in [0.4, 0.5) is 10.6 Å². The third-order valence-corrected chi connectivity index (χ3v) is 4.07. The number of nitrogen functional groups attached to an aromatic ring is 1. The minimum atomic E-state index is -3.73. The maximum Gasteiger partial charge on any atom is 0.407 e. The van der Waals surface area contributed by atoms with Gasteiger partial charge in [-0.1, -0.05) is 0 Å². The predicted octanol–water partition coefficient (Wildman–Crippen LogP) is 0.195. The van der Waals surface area contributed by atoms with E-state index in [9.17, 15) is 13.2 Å². The summed E-state index contributed by atoms with van der Waals surface area (Å²) in [6.07, 6.45) is 1.20. The van der Waals surface area contributed by atoms with E-state index in [2.05, 4.69) is 15.0 Å². The van der Waals surface area contributed by atoms with Gasteiger partial charge in [-0.05, 0) is 27.2 Å². The third-order valence-electron chi connectivity index (χ3n) is 2.48. The van der Waals surface area contributed by atoms with E-state index in [1.807, 2.05) is 0 Å². The zero-order valence-electron chi connectivity index (χ0n) is 13.2. The van der Waals surface area contributed by atoms with Gasteiger partial charge in [-0.25, -0.2) is 22.9 Å². The number of sulfonamides is 1. The molecule has 0 fully saturated rings. The number of nitrogens with two attached hydrogens (primary N) is 1. The van der Waals surface area contributed by atoms with Crippen LogP contribution in [0, 0.1) is 0 Å². The highest BCUT2D eigenvalue weighted by molar-refractivity contribution is 7.89. The second kappa shape index (κ2) is 6.97. The molecule has 10 heteroatoms. The topological polar surface area (TPSA) is 128 Å². The molecular weight excluding hydrogens is 310 g/mol. The molecule has 0 saturated heterocycles. The summed E-state index contributed by atoms with van der Waals surface area (Å²) in [5.41, 5.74) is 4.96. The Labute approximate surface area is 130 Å². The van der Waals surface area contributed by atoms with Crippen LogP contribution in [0.15, 0.2) is 11.4 Å². The molecule has 0 bridgehead atoms. The van der Waals surface area contributed by atoms with Crippen molar-refractivity contribution in [1.82, 2.24) is 19.6 Å². The Bertz CT molecular complexity index is 598. The molecule has 0 spiro atoms. The number of amides is 1. The van der Waals surface area contributed by atoms with Crippen LogP contribution in [0.1, 0.15) is 27.2 Å². The van der Waals surface area contributed by atoms with Gasteiger partial charge in [-0.15, -0.1) is 0 Å².